The molecule has 5 N–H and O–H groups in total. The Bertz CT molecular complexity index is 952. The molecular weight excluding hydrogens is 433 g/mol. The molecule has 29 heavy (non-hydrogen) atoms. The lowest BCUT2D eigenvalue weighted by Crippen LogP contribution is -2.53. The van der Waals surface area contributed by atoms with Gasteiger partial charge >= 0.3 is 24.0 Å². The summed E-state index contributed by atoms with van der Waals surface area (Å²) in [5, 5.41) is 12.9. The van der Waals surface area contributed by atoms with E-state index in [1.54, 1.807) is 0 Å². The summed E-state index contributed by atoms with van der Waals surface area (Å²) >= 11 is 0. The predicted molar refractivity (Wildman–Crippen MR) is 97.6 cm³/mol. The van der Waals surface area contributed by atoms with Crippen molar-refractivity contribution in [1.82, 2.24) is 14.5 Å². The molecule has 2 amide bonds. The number of non-ortho nitro benzene ring substituents is 1. The van der Waals surface area contributed by atoms with Crippen LogP contribution in [0.1, 0.15) is 18.4 Å². The first-order chi connectivity index (χ1) is 13.4. The highest BCUT2D eigenvalue weighted by molar-refractivity contribution is 7.90. The van der Waals surface area contributed by atoms with Crippen LogP contribution in [0.25, 0.3) is 0 Å². The second kappa shape index (κ2) is 8.84. The summed E-state index contributed by atoms with van der Waals surface area (Å²) in [4.78, 5) is 34.3. The Hall–Kier alpha value is -2.58. The molecule has 0 aromatic heterocycles. The zero-order valence-electron chi connectivity index (χ0n) is 14.8. The number of alkyl carbamates (subject to hydrolysis) is 1. The summed E-state index contributed by atoms with van der Waals surface area (Å²) < 4.78 is 49.5. The Balaban J connectivity index is 1.94. The first kappa shape index (κ1) is 22.7. The first-order valence-corrected chi connectivity index (χ1v) is 11.2. The van der Waals surface area contributed by atoms with Crippen molar-refractivity contribution >= 4 is 35.6 Å². The van der Waals surface area contributed by atoms with Gasteiger partial charge in [0.2, 0.25) is 0 Å². The third kappa shape index (κ3) is 6.47. The molecule has 1 saturated heterocycles. The fourth-order valence-corrected chi connectivity index (χ4v) is 5.14. The molecule has 0 radical (unpaired) electrons. The topological polar surface area (TPSA) is 211 Å². The number of carbonyl (C=O) groups excluding carboxylic acids is 2. The number of hydrogen-bond donors (Lipinski definition) is 4. The average Bonchev–Trinajstić information content (AvgIpc) is 2.60. The molecule has 0 spiro atoms. The molecule has 1 fully saturated rings. The van der Waals surface area contributed by atoms with Gasteiger partial charge in [0.1, 0.15) is 12.6 Å². The molecule has 1 aromatic rings. The van der Waals surface area contributed by atoms with Gasteiger partial charge in [-0.05, 0) is 30.5 Å². The van der Waals surface area contributed by atoms with Crippen LogP contribution in [0.3, 0.4) is 0 Å². The van der Waals surface area contributed by atoms with Crippen molar-refractivity contribution < 1.29 is 36.8 Å². The molecule has 160 valence electrons. The zero-order valence-corrected chi connectivity index (χ0v) is 16.5. The fraction of sp³-hybridized carbons (Fsp3) is 0.385. The van der Waals surface area contributed by atoms with Crippen LogP contribution in [0.5, 0.6) is 0 Å². The lowest BCUT2D eigenvalue weighted by atomic mass is 10.1. The average molecular weight is 451 g/mol. The van der Waals surface area contributed by atoms with E-state index in [-0.39, 0.29) is 31.7 Å². The van der Waals surface area contributed by atoms with E-state index < -0.39 is 40.9 Å². The molecule has 0 bridgehead atoms. The molecule has 1 aliphatic rings. The number of amides is 2. The van der Waals surface area contributed by atoms with Gasteiger partial charge in [-0.3, -0.25) is 34.2 Å². The third-order valence-corrected chi connectivity index (χ3v) is 6.91. The lowest BCUT2D eigenvalue weighted by molar-refractivity contribution is -0.384. The van der Waals surface area contributed by atoms with Crippen LogP contribution in [0, 0.1) is 10.1 Å². The normalized spacial score (nSPS) is 19.3. The molecule has 0 aliphatic carbocycles. The molecule has 0 unspecified atom stereocenters. The zero-order chi connectivity index (χ0) is 21.8. The van der Waals surface area contributed by atoms with Crippen LogP contribution in [0.15, 0.2) is 24.3 Å². The van der Waals surface area contributed by atoms with Crippen molar-refractivity contribution in [3.8, 4) is 0 Å². The minimum Gasteiger partial charge on any atom is -0.445 e. The monoisotopic (exact) mass is 451 g/mol. The lowest BCUT2D eigenvalue weighted by Gasteiger charge is -2.35. The Labute approximate surface area is 164 Å². The fourth-order valence-electron chi connectivity index (χ4n) is 2.55. The molecule has 1 heterocycles. The van der Waals surface area contributed by atoms with Gasteiger partial charge in [-0.1, -0.05) is 0 Å². The summed E-state index contributed by atoms with van der Waals surface area (Å²) in [6, 6.07) is 4.09. The number of piperidine rings is 1. The first-order valence-electron chi connectivity index (χ1n) is 8.02. The smallest absolute Gasteiger partial charge is 0.408 e. The highest BCUT2D eigenvalue weighted by Gasteiger charge is 2.40. The van der Waals surface area contributed by atoms with Gasteiger partial charge in [0, 0.05) is 18.7 Å². The van der Waals surface area contributed by atoms with E-state index in [0.717, 1.165) is 0 Å². The van der Waals surface area contributed by atoms with Crippen LogP contribution >= 0.6 is 7.59 Å². The Morgan fingerprint density at radius 2 is 2.03 bits per heavy atom. The molecule has 2 atom stereocenters. The summed E-state index contributed by atoms with van der Waals surface area (Å²) in [6.07, 6.45) is -0.584. The van der Waals surface area contributed by atoms with Crippen molar-refractivity contribution in [1.29, 1.82) is 0 Å². The van der Waals surface area contributed by atoms with E-state index in [1.807, 2.05) is 0 Å². The molecule has 2 rings (SSSR count). The standard InChI is InChI=1S/C13H18N5O9PS/c14-28(23,16-29(24,25)26)17-7-1-2-11(12(17)19)15-13(20)27-8-9-3-5-10(6-4-9)18(21)22/h3-6,11H,1-2,7-8H2,(H,15,20)(H3,14,16,23)(H,24,25,26)/t11-,28-/m1/s1. The number of hydrogen-bond acceptors (Lipinski definition) is 8. The Morgan fingerprint density at radius 3 is 2.59 bits per heavy atom. The Kier molecular flexibility index (Phi) is 6.92. The van der Waals surface area contributed by atoms with E-state index >= 15 is 0 Å². The number of nitro benzene ring substituents is 1. The van der Waals surface area contributed by atoms with Crippen LogP contribution in [0.2, 0.25) is 0 Å². The maximum atomic E-state index is 12.4. The van der Waals surface area contributed by atoms with Crippen LogP contribution in [-0.2, 0) is 31.0 Å². The number of carbonyl (C=O) groups is 2. The minimum absolute atomic E-state index is 0.129. The van der Waals surface area contributed by atoms with E-state index in [9.17, 15) is 32.7 Å². The summed E-state index contributed by atoms with van der Waals surface area (Å²) in [5.74, 6) is -0.912. The maximum Gasteiger partial charge on any atom is 0.408 e. The summed E-state index contributed by atoms with van der Waals surface area (Å²) in [5.41, 5.74) is 5.68. The van der Waals surface area contributed by atoms with E-state index in [0.29, 0.717) is 10.2 Å². The van der Waals surface area contributed by atoms with Crippen molar-refractivity contribution in [3.63, 3.8) is 0 Å². The Morgan fingerprint density at radius 1 is 1.41 bits per heavy atom. The number of nitrogens with zero attached hydrogens (tertiary/aromatic N) is 2. The van der Waals surface area contributed by atoms with Crippen molar-refractivity contribution in [2.75, 3.05) is 6.54 Å². The molecule has 1 aliphatic heterocycles. The number of nitro groups is 1. The van der Waals surface area contributed by atoms with E-state index in [1.165, 1.54) is 28.8 Å². The number of nitrogens with two attached hydrogens (primary N) is 1. The molecule has 1 aromatic carbocycles. The predicted octanol–water partition coefficient (Wildman–Crippen LogP) is 0.271. The largest absolute Gasteiger partial charge is 0.445 e. The quantitative estimate of drug-likeness (QED) is 0.192. The van der Waals surface area contributed by atoms with Gasteiger partial charge in [0.15, 0.2) is 0 Å². The van der Waals surface area contributed by atoms with Gasteiger partial charge in [-0.2, -0.15) is 8.42 Å². The maximum absolute atomic E-state index is 12.4. The second-order valence-corrected chi connectivity index (χ2v) is 9.40. The van der Waals surface area contributed by atoms with E-state index in [4.69, 9.17) is 14.8 Å². The van der Waals surface area contributed by atoms with Crippen LogP contribution < -0.4 is 15.3 Å². The molecule has 14 nitrogen and oxygen atoms in total. The highest BCUT2D eigenvalue weighted by atomic mass is 32.2. The third-order valence-electron chi connectivity index (χ3n) is 3.83. The molecular formula is C13H18N5O9PS. The van der Waals surface area contributed by atoms with Gasteiger partial charge in [0.05, 0.1) is 4.92 Å². The number of ether oxygens (including phenoxy) is 1. The summed E-state index contributed by atoms with van der Waals surface area (Å²) in [7, 11) is -9.38. The van der Waals surface area contributed by atoms with Crippen molar-refractivity contribution in [3.05, 3.63) is 39.9 Å². The molecule has 16 heteroatoms. The van der Waals surface area contributed by atoms with Crippen LogP contribution in [-0.4, -0.2) is 47.2 Å². The van der Waals surface area contributed by atoms with E-state index in [2.05, 4.69) is 5.32 Å². The number of rotatable bonds is 7. The number of benzene rings is 1. The highest BCUT2D eigenvalue weighted by Crippen LogP contribution is 2.40. The SMILES string of the molecule is N[P@@](=O)(NS(=O)(=O)O)N1CCC[C@@H](NC(=O)OCc2ccc([N+](=O)[O-])cc2)C1=O. The second-order valence-electron chi connectivity index (χ2n) is 5.99. The van der Waals surface area contributed by atoms with Gasteiger partial charge in [0.25, 0.3) is 11.6 Å². The van der Waals surface area contributed by atoms with Gasteiger partial charge < -0.3 is 10.1 Å². The number of nitrogens with one attached hydrogen (secondary N) is 2. The minimum atomic E-state index is -4.93. The van der Waals surface area contributed by atoms with Gasteiger partial charge in [-0.15, -0.1) is 4.49 Å². The van der Waals surface area contributed by atoms with Crippen molar-refractivity contribution in [2.24, 2.45) is 5.50 Å². The van der Waals surface area contributed by atoms with Gasteiger partial charge in [-0.25, -0.2) is 4.79 Å². The van der Waals surface area contributed by atoms with Crippen molar-refractivity contribution in [2.45, 2.75) is 25.5 Å². The summed E-state index contributed by atoms with van der Waals surface area (Å²) in [6.45, 7) is -0.376. The molecule has 0 saturated carbocycles. The van der Waals surface area contributed by atoms with Crippen LogP contribution in [0.4, 0.5) is 10.5 Å².